The maximum Gasteiger partial charge on any atom is 0.181 e. The number of methoxy groups -OCH3 is 1. The molecule has 3 heteroatoms. The molecule has 0 amide bonds. The van der Waals surface area contributed by atoms with Crippen LogP contribution in [0.5, 0.6) is 5.75 Å². The fourth-order valence-corrected chi connectivity index (χ4v) is 3.73. The second kappa shape index (κ2) is 7.83. The largest absolute Gasteiger partial charge is 0.497 e. The van der Waals surface area contributed by atoms with Crippen molar-refractivity contribution in [1.29, 1.82) is 0 Å². The van der Waals surface area contributed by atoms with E-state index < -0.39 is 5.60 Å². The number of carbonyl (C=O) groups excluding carboxylic acids is 1. The first-order valence-corrected chi connectivity index (χ1v) is 10.1. The highest BCUT2D eigenvalue weighted by molar-refractivity contribution is 6.32. The average molecular weight is 399 g/mol. The fraction of sp³-hybridized carbons (Fsp3) is 0.222. The number of ketones is 1. The molecule has 3 aromatic rings. The van der Waals surface area contributed by atoms with Crippen LogP contribution in [0.4, 0.5) is 0 Å². The lowest BCUT2D eigenvalue weighted by molar-refractivity contribution is -0.118. The molecule has 3 aromatic carbocycles. The molecule has 3 nitrogen and oxygen atoms in total. The highest BCUT2D eigenvalue weighted by Gasteiger charge is 2.44. The van der Waals surface area contributed by atoms with E-state index >= 15 is 0 Å². The Balaban J connectivity index is 1.70. The molecule has 0 heterocycles. The first kappa shape index (κ1) is 20.0. The Morgan fingerprint density at radius 2 is 1.30 bits per heavy atom. The predicted octanol–water partition coefficient (Wildman–Crippen LogP) is 6.25. The number of ether oxygens (including phenoxy) is 2. The third-order valence-corrected chi connectivity index (χ3v) is 5.16. The van der Waals surface area contributed by atoms with Gasteiger partial charge in [-0.3, -0.25) is 4.79 Å². The van der Waals surface area contributed by atoms with Gasteiger partial charge >= 0.3 is 0 Å². The average Bonchev–Trinajstić information content (AvgIpc) is 2.74. The standard InChI is InChI=1S/C27H26O3/c1-27(2,3)30-26-23(25(28)24(26)21-14-16-22(29-4)17-15-21)20-12-10-19(11-13-20)18-8-6-5-7-9-18/h5-17,23H,1-4H3. The minimum Gasteiger partial charge on any atom is -0.497 e. The van der Waals surface area contributed by atoms with Crippen LogP contribution in [-0.2, 0) is 9.53 Å². The summed E-state index contributed by atoms with van der Waals surface area (Å²) in [5.41, 5.74) is 4.36. The minimum atomic E-state index is -0.393. The van der Waals surface area contributed by atoms with E-state index in [-0.39, 0.29) is 11.7 Å². The Labute approximate surface area is 178 Å². The molecule has 0 aromatic heterocycles. The van der Waals surface area contributed by atoms with Crippen molar-refractivity contribution in [1.82, 2.24) is 0 Å². The summed E-state index contributed by atoms with van der Waals surface area (Å²) in [6.07, 6.45) is 0. The van der Waals surface area contributed by atoms with Crippen molar-refractivity contribution < 1.29 is 14.3 Å². The molecule has 0 spiro atoms. The van der Waals surface area contributed by atoms with Crippen LogP contribution in [0, 0.1) is 0 Å². The summed E-state index contributed by atoms with van der Waals surface area (Å²) in [5, 5.41) is 0. The lowest BCUT2D eigenvalue weighted by Crippen LogP contribution is -2.34. The molecule has 1 unspecified atom stereocenters. The molecule has 0 saturated carbocycles. The molecular weight excluding hydrogens is 372 g/mol. The second-order valence-electron chi connectivity index (χ2n) is 8.47. The maximum absolute atomic E-state index is 13.2. The number of hydrogen-bond acceptors (Lipinski definition) is 3. The number of Topliss-reactive ketones (excluding diaryl/α,β-unsaturated/α-hetero) is 1. The van der Waals surface area contributed by atoms with Crippen molar-refractivity contribution in [3.05, 3.63) is 95.7 Å². The van der Waals surface area contributed by atoms with Gasteiger partial charge in [0.25, 0.3) is 0 Å². The van der Waals surface area contributed by atoms with Crippen molar-refractivity contribution in [3.63, 3.8) is 0 Å². The van der Waals surface area contributed by atoms with Crippen molar-refractivity contribution in [2.45, 2.75) is 32.3 Å². The number of hydrogen-bond donors (Lipinski definition) is 0. The van der Waals surface area contributed by atoms with E-state index in [9.17, 15) is 4.79 Å². The van der Waals surface area contributed by atoms with Gasteiger partial charge < -0.3 is 9.47 Å². The van der Waals surface area contributed by atoms with Gasteiger partial charge in [-0.25, -0.2) is 0 Å². The van der Waals surface area contributed by atoms with E-state index in [1.807, 2.05) is 75.4 Å². The van der Waals surface area contributed by atoms with Gasteiger partial charge in [0.05, 0.1) is 12.7 Å². The summed E-state index contributed by atoms with van der Waals surface area (Å²) >= 11 is 0. The highest BCUT2D eigenvalue weighted by Crippen LogP contribution is 2.47. The molecule has 0 radical (unpaired) electrons. The predicted molar refractivity (Wildman–Crippen MR) is 120 cm³/mol. The molecule has 1 atom stereocenters. The van der Waals surface area contributed by atoms with Crippen molar-refractivity contribution in [2.75, 3.05) is 7.11 Å². The van der Waals surface area contributed by atoms with Gasteiger partial charge in [-0.05, 0) is 55.2 Å². The molecule has 1 aliphatic carbocycles. The zero-order valence-electron chi connectivity index (χ0n) is 17.8. The molecule has 1 aliphatic rings. The lowest BCUT2D eigenvalue weighted by Gasteiger charge is -2.36. The van der Waals surface area contributed by atoms with E-state index in [0.29, 0.717) is 5.57 Å². The van der Waals surface area contributed by atoms with Gasteiger partial charge in [0, 0.05) is 0 Å². The van der Waals surface area contributed by atoms with Crippen LogP contribution in [0.1, 0.15) is 37.8 Å². The third kappa shape index (κ3) is 3.88. The summed E-state index contributed by atoms with van der Waals surface area (Å²) in [5.74, 6) is 1.22. The summed E-state index contributed by atoms with van der Waals surface area (Å²) in [4.78, 5) is 13.2. The normalized spacial score (nSPS) is 16.3. The van der Waals surface area contributed by atoms with Crippen LogP contribution in [0.3, 0.4) is 0 Å². The number of allylic oxidation sites excluding steroid dienone is 2. The Morgan fingerprint density at radius 1 is 0.733 bits per heavy atom. The van der Waals surface area contributed by atoms with Gasteiger partial charge in [-0.2, -0.15) is 0 Å². The molecule has 0 aliphatic heterocycles. The van der Waals surface area contributed by atoms with Crippen molar-refractivity contribution >= 4 is 11.4 Å². The highest BCUT2D eigenvalue weighted by atomic mass is 16.5. The minimum absolute atomic E-state index is 0.0897. The van der Waals surface area contributed by atoms with Crippen LogP contribution in [0.25, 0.3) is 16.7 Å². The fourth-order valence-electron chi connectivity index (χ4n) is 3.73. The molecule has 0 saturated heterocycles. The summed E-state index contributed by atoms with van der Waals surface area (Å²) in [6.45, 7) is 6.01. The quantitative estimate of drug-likeness (QED) is 0.509. The topological polar surface area (TPSA) is 35.5 Å². The molecule has 4 rings (SSSR count). The monoisotopic (exact) mass is 398 g/mol. The number of rotatable bonds is 5. The van der Waals surface area contributed by atoms with Crippen molar-refractivity contribution in [2.24, 2.45) is 0 Å². The van der Waals surface area contributed by atoms with Gasteiger partial charge in [0.2, 0.25) is 0 Å². The summed E-state index contributed by atoms with van der Waals surface area (Å²) < 4.78 is 11.5. The summed E-state index contributed by atoms with van der Waals surface area (Å²) in [7, 11) is 1.63. The van der Waals surface area contributed by atoms with Crippen LogP contribution < -0.4 is 4.74 Å². The smallest absolute Gasteiger partial charge is 0.181 e. The molecule has 0 N–H and O–H groups in total. The molecule has 0 fully saturated rings. The van der Waals surface area contributed by atoms with Crippen LogP contribution in [-0.4, -0.2) is 18.5 Å². The SMILES string of the molecule is COc1ccc(C2=C(OC(C)(C)C)C(c3ccc(-c4ccccc4)cc3)C2=O)cc1. The zero-order valence-corrected chi connectivity index (χ0v) is 17.8. The first-order chi connectivity index (χ1) is 14.4. The first-order valence-electron chi connectivity index (χ1n) is 10.1. The number of benzene rings is 3. The van der Waals surface area contributed by atoms with Crippen LogP contribution in [0.2, 0.25) is 0 Å². The maximum atomic E-state index is 13.2. The van der Waals surface area contributed by atoms with E-state index in [4.69, 9.17) is 9.47 Å². The van der Waals surface area contributed by atoms with Gasteiger partial charge in [0.15, 0.2) is 5.78 Å². The van der Waals surface area contributed by atoms with Crippen LogP contribution in [0.15, 0.2) is 84.6 Å². The molecule has 152 valence electrons. The van der Waals surface area contributed by atoms with Gasteiger partial charge in [-0.15, -0.1) is 0 Å². The number of carbonyl (C=O) groups is 1. The zero-order chi connectivity index (χ0) is 21.3. The molecule has 30 heavy (non-hydrogen) atoms. The third-order valence-electron chi connectivity index (χ3n) is 5.16. The molecular formula is C27H26O3. The lowest BCUT2D eigenvalue weighted by atomic mass is 9.74. The van der Waals surface area contributed by atoms with Gasteiger partial charge in [0.1, 0.15) is 23.0 Å². The van der Waals surface area contributed by atoms with E-state index in [2.05, 4.69) is 24.3 Å². The molecule has 0 bridgehead atoms. The van der Waals surface area contributed by atoms with E-state index in [1.165, 1.54) is 0 Å². The Hall–Kier alpha value is -3.33. The Morgan fingerprint density at radius 3 is 1.87 bits per heavy atom. The Kier molecular flexibility index (Phi) is 5.21. The van der Waals surface area contributed by atoms with Gasteiger partial charge in [-0.1, -0.05) is 66.7 Å². The van der Waals surface area contributed by atoms with Crippen molar-refractivity contribution in [3.8, 4) is 16.9 Å². The second-order valence-corrected chi connectivity index (χ2v) is 8.47. The van der Waals surface area contributed by atoms with Crippen LogP contribution >= 0.6 is 0 Å². The summed E-state index contributed by atoms with van der Waals surface area (Å²) in [6, 6.07) is 26.0. The van der Waals surface area contributed by atoms with E-state index in [0.717, 1.165) is 33.8 Å². The Bertz CT molecular complexity index is 1070. The van der Waals surface area contributed by atoms with E-state index in [1.54, 1.807) is 7.11 Å².